The molecule has 9 heteroatoms. The number of nitrogens with zero attached hydrogens (tertiary/aromatic N) is 2. The van der Waals surface area contributed by atoms with Crippen molar-refractivity contribution >= 4 is 44.3 Å². The average Bonchev–Trinajstić information content (AvgIpc) is 3.03. The SMILES string of the molecule is CN(C(=O)Nc1ccc(C#N)cc1)c1cc2oc(=O)c(C(=O)O)cc2s1. The predicted octanol–water partition coefficient (Wildman–Crippen LogP) is 3.09. The number of nitriles is 1. The molecular formula is C17H11N3O5S. The molecule has 0 bridgehead atoms. The largest absolute Gasteiger partial charge is 0.477 e. The van der Waals surface area contributed by atoms with E-state index in [-0.39, 0.29) is 5.58 Å². The lowest BCUT2D eigenvalue weighted by Gasteiger charge is -2.15. The number of fused-ring (bicyclic) bond motifs is 1. The third-order valence-corrected chi connectivity index (χ3v) is 4.68. The van der Waals surface area contributed by atoms with Crippen molar-refractivity contribution < 1.29 is 19.1 Å². The van der Waals surface area contributed by atoms with Gasteiger partial charge in [-0.3, -0.25) is 4.90 Å². The molecule has 2 aromatic heterocycles. The van der Waals surface area contributed by atoms with Crippen LogP contribution in [0.2, 0.25) is 0 Å². The highest BCUT2D eigenvalue weighted by molar-refractivity contribution is 7.22. The summed E-state index contributed by atoms with van der Waals surface area (Å²) in [4.78, 5) is 36.3. The Kier molecular flexibility index (Phi) is 4.43. The smallest absolute Gasteiger partial charge is 0.351 e. The van der Waals surface area contributed by atoms with Crippen LogP contribution in [-0.2, 0) is 0 Å². The van der Waals surface area contributed by atoms with E-state index < -0.39 is 23.2 Å². The van der Waals surface area contributed by atoms with Gasteiger partial charge >= 0.3 is 17.6 Å². The van der Waals surface area contributed by atoms with E-state index in [1.807, 2.05) is 6.07 Å². The van der Waals surface area contributed by atoms with Gasteiger partial charge in [0.05, 0.1) is 16.3 Å². The maximum Gasteiger partial charge on any atom is 0.351 e. The van der Waals surface area contributed by atoms with Gasteiger partial charge in [0, 0.05) is 18.8 Å². The molecule has 0 saturated carbocycles. The lowest BCUT2D eigenvalue weighted by molar-refractivity contribution is 0.0692. The molecule has 0 saturated heterocycles. The minimum Gasteiger partial charge on any atom is -0.477 e. The molecule has 3 aromatic rings. The number of aromatic carboxylic acids is 1. The zero-order valence-electron chi connectivity index (χ0n) is 13.3. The second-order valence-corrected chi connectivity index (χ2v) is 6.31. The van der Waals surface area contributed by atoms with E-state index in [2.05, 4.69) is 5.32 Å². The number of carboxylic acids is 1. The van der Waals surface area contributed by atoms with Crippen LogP contribution < -0.4 is 15.8 Å². The van der Waals surface area contributed by atoms with Gasteiger partial charge in [0.2, 0.25) is 0 Å². The van der Waals surface area contributed by atoms with Crippen LogP contribution in [0.3, 0.4) is 0 Å². The van der Waals surface area contributed by atoms with Crippen LogP contribution >= 0.6 is 11.3 Å². The summed E-state index contributed by atoms with van der Waals surface area (Å²) < 4.78 is 5.43. The summed E-state index contributed by atoms with van der Waals surface area (Å²) >= 11 is 1.12. The Bertz CT molecular complexity index is 1110. The second kappa shape index (κ2) is 6.70. The number of amides is 2. The van der Waals surface area contributed by atoms with Gasteiger partial charge in [0.1, 0.15) is 10.6 Å². The minimum atomic E-state index is -1.37. The standard InChI is InChI=1S/C17H11N3O5S/c1-20(17(24)19-10-4-2-9(8-18)3-5-10)14-7-12-13(26-14)6-11(15(21)22)16(23)25-12/h2-7H,1H3,(H,19,24)(H,21,22). The quantitative estimate of drug-likeness (QED) is 0.731. The van der Waals surface area contributed by atoms with Crippen LogP contribution in [0.4, 0.5) is 15.5 Å². The number of carboxylic acid groups (broad SMARTS) is 1. The van der Waals surface area contributed by atoms with E-state index in [0.29, 0.717) is 21.0 Å². The van der Waals surface area contributed by atoms with E-state index in [9.17, 15) is 14.4 Å². The molecule has 0 aliphatic carbocycles. The highest BCUT2D eigenvalue weighted by Crippen LogP contribution is 2.32. The lowest BCUT2D eigenvalue weighted by atomic mass is 10.2. The first kappa shape index (κ1) is 17.2. The van der Waals surface area contributed by atoms with Crippen LogP contribution in [0.15, 0.2) is 45.6 Å². The van der Waals surface area contributed by atoms with Gasteiger partial charge in [-0.25, -0.2) is 14.4 Å². The molecule has 8 nitrogen and oxygen atoms in total. The molecule has 0 fully saturated rings. The highest BCUT2D eigenvalue weighted by atomic mass is 32.1. The Morgan fingerprint density at radius 1 is 1.27 bits per heavy atom. The fraction of sp³-hybridized carbons (Fsp3) is 0.0588. The molecular weight excluding hydrogens is 358 g/mol. The van der Waals surface area contributed by atoms with E-state index in [0.717, 1.165) is 11.3 Å². The molecule has 130 valence electrons. The number of benzene rings is 1. The molecule has 0 radical (unpaired) electrons. The first-order valence-corrected chi connectivity index (χ1v) is 8.06. The van der Waals surface area contributed by atoms with Gasteiger partial charge in [-0.05, 0) is 30.3 Å². The summed E-state index contributed by atoms with van der Waals surface area (Å²) in [6.07, 6.45) is 0. The summed E-state index contributed by atoms with van der Waals surface area (Å²) in [7, 11) is 1.53. The molecule has 0 atom stereocenters. The third kappa shape index (κ3) is 3.26. The van der Waals surface area contributed by atoms with Crippen LogP contribution in [0.5, 0.6) is 0 Å². The molecule has 26 heavy (non-hydrogen) atoms. The summed E-state index contributed by atoms with van der Waals surface area (Å²) in [5, 5.41) is 20.9. The number of rotatable bonds is 3. The molecule has 0 spiro atoms. The van der Waals surface area contributed by atoms with Crippen molar-refractivity contribution in [2.45, 2.75) is 0 Å². The normalized spacial score (nSPS) is 10.3. The Labute approximate surface area is 150 Å². The zero-order valence-corrected chi connectivity index (χ0v) is 14.2. The Balaban J connectivity index is 1.85. The zero-order chi connectivity index (χ0) is 18.8. The molecule has 1 aromatic carbocycles. The van der Waals surface area contributed by atoms with Crippen LogP contribution in [0, 0.1) is 11.3 Å². The summed E-state index contributed by atoms with van der Waals surface area (Å²) in [5.41, 5.74) is -0.209. The maximum absolute atomic E-state index is 12.4. The molecule has 0 aliphatic heterocycles. The van der Waals surface area contributed by atoms with Gasteiger partial charge in [-0.15, -0.1) is 11.3 Å². The topological polar surface area (TPSA) is 124 Å². The number of hydrogen-bond acceptors (Lipinski definition) is 6. The molecule has 2 heterocycles. The van der Waals surface area contributed by atoms with Crippen molar-refractivity contribution in [3.8, 4) is 6.07 Å². The summed E-state index contributed by atoms with van der Waals surface area (Å²) in [5.74, 6) is -1.37. The first-order chi connectivity index (χ1) is 12.4. The van der Waals surface area contributed by atoms with Crippen LogP contribution in [-0.4, -0.2) is 24.2 Å². The Hall–Kier alpha value is -3.64. The maximum atomic E-state index is 12.4. The predicted molar refractivity (Wildman–Crippen MR) is 95.9 cm³/mol. The van der Waals surface area contributed by atoms with Gasteiger partial charge in [0.15, 0.2) is 5.58 Å². The number of carbonyl (C=O) groups is 2. The minimum absolute atomic E-state index is 0.207. The molecule has 2 N–H and O–H groups in total. The van der Waals surface area contributed by atoms with Crippen molar-refractivity contribution in [1.29, 1.82) is 5.26 Å². The van der Waals surface area contributed by atoms with E-state index in [1.165, 1.54) is 24.1 Å². The van der Waals surface area contributed by atoms with Crippen molar-refractivity contribution in [1.82, 2.24) is 0 Å². The van der Waals surface area contributed by atoms with E-state index in [4.69, 9.17) is 14.8 Å². The molecule has 3 rings (SSSR count). The number of carbonyl (C=O) groups excluding carboxylic acids is 1. The Morgan fingerprint density at radius 3 is 2.58 bits per heavy atom. The monoisotopic (exact) mass is 369 g/mol. The fourth-order valence-electron chi connectivity index (χ4n) is 2.15. The molecule has 0 aliphatic rings. The summed E-state index contributed by atoms with van der Waals surface area (Å²) in [6, 6.07) is 10.6. The third-order valence-electron chi connectivity index (χ3n) is 3.54. The molecule has 0 unspecified atom stereocenters. The van der Waals surface area contributed by atoms with Gasteiger partial charge in [-0.2, -0.15) is 5.26 Å². The van der Waals surface area contributed by atoms with E-state index in [1.54, 1.807) is 24.3 Å². The van der Waals surface area contributed by atoms with Crippen LogP contribution in [0.25, 0.3) is 10.3 Å². The molecule has 2 amide bonds. The Morgan fingerprint density at radius 2 is 1.96 bits per heavy atom. The van der Waals surface area contributed by atoms with Gasteiger partial charge in [-0.1, -0.05) is 0 Å². The number of nitrogens with one attached hydrogen (secondary N) is 1. The summed E-state index contributed by atoms with van der Waals surface area (Å²) in [6.45, 7) is 0. The van der Waals surface area contributed by atoms with Crippen molar-refractivity contribution in [3.63, 3.8) is 0 Å². The van der Waals surface area contributed by atoms with Crippen molar-refractivity contribution in [2.24, 2.45) is 0 Å². The van der Waals surface area contributed by atoms with Crippen molar-refractivity contribution in [2.75, 3.05) is 17.3 Å². The highest BCUT2D eigenvalue weighted by Gasteiger charge is 2.18. The van der Waals surface area contributed by atoms with Gasteiger partial charge in [0.25, 0.3) is 0 Å². The van der Waals surface area contributed by atoms with Gasteiger partial charge < -0.3 is 14.8 Å². The number of urea groups is 1. The lowest BCUT2D eigenvalue weighted by Crippen LogP contribution is -2.30. The second-order valence-electron chi connectivity index (χ2n) is 5.24. The van der Waals surface area contributed by atoms with E-state index >= 15 is 0 Å². The first-order valence-electron chi connectivity index (χ1n) is 7.25. The average molecular weight is 369 g/mol. The number of hydrogen-bond donors (Lipinski definition) is 2. The van der Waals surface area contributed by atoms with Crippen molar-refractivity contribution in [3.05, 3.63) is 57.9 Å². The fourth-order valence-corrected chi connectivity index (χ4v) is 3.14. The number of anilines is 2. The van der Waals surface area contributed by atoms with Crippen LogP contribution in [0.1, 0.15) is 15.9 Å². The number of thiophene rings is 1.